The van der Waals surface area contributed by atoms with E-state index in [9.17, 15) is 9.59 Å². The largest absolute Gasteiger partial charge is 0.285 e. The minimum Gasteiger partial charge on any atom is -0.280 e. The van der Waals surface area contributed by atoms with Crippen LogP contribution in [0.2, 0.25) is 0 Å². The average Bonchev–Trinajstić information content (AvgIpc) is 2.63. The van der Waals surface area contributed by atoms with E-state index in [0.29, 0.717) is 24.5 Å². The van der Waals surface area contributed by atoms with E-state index < -0.39 is 5.91 Å². The van der Waals surface area contributed by atoms with Crippen LogP contribution in [-0.4, -0.2) is 32.7 Å². The second-order valence-corrected chi connectivity index (χ2v) is 5.17. The molecule has 0 saturated heterocycles. The van der Waals surface area contributed by atoms with Gasteiger partial charge in [0.15, 0.2) is 5.82 Å². The highest BCUT2D eigenvalue weighted by Gasteiger charge is 2.24. The molecule has 8 nitrogen and oxygen atoms in total. The number of aromatic nitrogens is 2. The second kappa shape index (κ2) is 7.32. The molecule has 0 fully saturated rings. The van der Waals surface area contributed by atoms with Crippen molar-refractivity contribution in [2.75, 3.05) is 5.43 Å². The molecule has 8 heteroatoms. The quantitative estimate of drug-likeness (QED) is 0.802. The molecule has 0 aliphatic carbocycles. The molecular formula is C16H16N6O2. The molecule has 0 unspecified atom stereocenters. The Morgan fingerprint density at radius 1 is 1.12 bits per heavy atom. The Morgan fingerprint density at radius 2 is 1.96 bits per heavy atom. The summed E-state index contributed by atoms with van der Waals surface area (Å²) >= 11 is 0. The lowest BCUT2D eigenvalue weighted by atomic mass is 10.1. The van der Waals surface area contributed by atoms with Gasteiger partial charge in [0, 0.05) is 19.0 Å². The van der Waals surface area contributed by atoms with Gasteiger partial charge in [-0.3, -0.25) is 20.4 Å². The molecule has 2 aromatic rings. The van der Waals surface area contributed by atoms with Crippen molar-refractivity contribution in [2.24, 2.45) is 5.10 Å². The zero-order valence-electron chi connectivity index (χ0n) is 12.8. The molecule has 0 radical (unpaired) electrons. The number of carbonyl (C=O) groups is 2. The van der Waals surface area contributed by atoms with Crippen molar-refractivity contribution in [1.82, 2.24) is 20.6 Å². The Balaban J connectivity index is 1.64. The predicted octanol–water partition coefficient (Wildman–Crippen LogP) is 1.10. The van der Waals surface area contributed by atoms with Crippen LogP contribution in [0.25, 0.3) is 0 Å². The standard InChI is InChI=1S/C16H16N6O2/c23-15-9-8-13(16(24)20-19-14-7-4-10-17-18-14)21-22(15)11-12-5-2-1-3-6-12/h1-7,10H,8-9,11H2,(H,18,19)(H,20,24). The Labute approximate surface area is 138 Å². The van der Waals surface area contributed by atoms with Crippen molar-refractivity contribution in [3.8, 4) is 0 Å². The number of hydrogen-bond donors (Lipinski definition) is 2. The summed E-state index contributed by atoms with van der Waals surface area (Å²) in [4.78, 5) is 24.2. The summed E-state index contributed by atoms with van der Waals surface area (Å²) in [7, 11) is 0. The molecule has 2 N–H and O–H groups in total. The number of hydrazone groups is 1. The van der Waals surface area contributed by atoms with E-state index in [1.165, 1.54) is 11.2 Å². The zero-order chi connectivity index (χ0) is 16.8. The Kier molecular flexibility index (Phi) is 4.76. The van der Waals surface area contributed by atoms with Crippen LogP contribution in [0.4, 0.5) is 5.82 Å². The van der Waals surface area contributed by atoms with Gasteiger partial charge >= 0.3 is 0 Å². The first kappa shape index (κ1) is 15.6. The van der Waals surface area contributed by atoms with Gasteiger partial charge in [-0.2, -0.15) is 10.2 Å². The van der Waals surface area contributed by atoms with Crippen LogP contribution in [0, 0.1) is 0 Å². The monoisotopic (exact) mass is 324 g/mol. The van der Waals surface area contributed by atoms with E-state index in [1.807, 2.05) is 30.3 Å². The van der Waals surface area contributed by atoms with Gasteiger partial charge in [0.1, 0.15) is 5.71 Å². The third-order valence-corrected chi connectivity index (χ3v) is 3.42. The summed E-state index contributed by atoms with van der Waals surface area (Å²) in [6.45, 7) is 0.341. The first-order valence-electron chi connectivity index (χ1n) is 7.48. The zero-order valence-corrected chi connectivity index (χ0v) is 12.8. The fourth-order valence-electron chi connectivity index (χ4n) is 2.21. The number of anilines is 1. The van der Waals surface area contributed by atoms with Crippen molar-refractivity contribution < 1.29 is 9.59 Å². The van der Waals surface area contributed by atoms with Crippen LogP contribution in [0.15, 0.2) is 53.8 Å². The highest BCUT2D eigenvalue weighted by atomic mass is 16.2. The van der Waals surface area contributed by atoms with Crippen LogP contribution in [0.3, 0.4) is 0 Å². The van der Waals surface area contributed by atoms with Gasteiger partial charge in [-0.05, 0) is 17.7 Å². The number of amides is 2. The number of nitrogens with zero attached hydrogens (tertiary/aromatic N) is 4. The normalized spacial score (nSPS) is 14.1. The van der Waals surface area contributed by atoms with Gasteiger partial charge in [-0.25, -0.2) is 5.01 Å². The number of hydrogen-bond acceptors (Lipinski definition) is 6. The molecule has 24 heavy (non-hydrogen) atoms. The van der Waals surface area contributed by atoms with Gasteiger partial charge in [-0.15, -0.1) is 5.10 Å². The average molecular weight is 324 g/mol. The maximum Gasteiger partial charge on any atom is 0.285 e. The molecule has 0 atom stereocenters. The molecule has 1 aliphatic rings. The highest BCUT2D eigenvalue weighted by molar-refractivity contribution is 6.39. The van der Waals surface area contributed by atoms with Crippen molar-refractivity contribution >= 4 is 23.3 Å². The van der Waals surface area contributed by atoms with E-state index in [-0.39, 0.29) is 12.3 Å². The summed E-state index contributed by atoms with van der Waals surface area (Å²) in [5.74, 6) is -0.0806. The van der Waals surface area contributed by atoms with Gasteiger partial charge < -0.3 is 0 Å². The van der Waals surface area contributed by atoms with Gasteiger partial charge in [-0.1, -0.05) is 30.3 Å². The Hall–Kier alpha value is -3.29. The molecule has 0 saturated carbocycles. The lowest BCUT2D eigenvalue weighted by Gasteiger charge is -2.23. The lowest BCUT2D eigenvalue weighted by molar-refractivity contribution is -0.132. The topological polar surface area (TPSA) is 99.6 Å². The molecule has 0 spiro atoms. The van der Waals surface area contributed by atoms with Crippen LogP contribution >= 0.6 is 0 Å². The molecule has 3 rings (SSSR count). The molecule has 1 aliphatic heterocycles. The fourth-order valence-corrected chi connectivity index (χ4v) is 2.21. The fraction of sp³-hybridized carbons (Fsp3) is 0.188. The summed E-state index contributed by atoms with van der Waals surface area (Å²) in [5, 5.41) is 13.0. The number of hydrazine groups is 1. The third-order valence-electron chi connectivity index (χ3n) is 3.42. The molecule has 2 amide bonds. The minimum atomic E-state index is -0.397. The van der Waals surface area contributed by atoms with Gasteiger partial charge in [0.05, 0.1) is 6.54 Å². The van der Waals surface area contributed by atoms with Crippen molar-refractivity contribution in [3.63, 3.8) is 0 Å². The van der Waals surface area contributed by atoms with E-state index in [2.05, 4.69) is 26.2 Å². The molecule has 2 heterocycles. The van der Waals surface area contributed by atoms with E-state index in [4.69, 9.17) is 0 Å². The van der Waals surface area contributed by atoms with Crippen molar-refractivity contribution in [2.45, 2.75) is 19.4 Å². The first-order valence-corrected chi connectivity index (χ1v) is 7.48. The lowest BCUT2D eigenvalue weighted by Crippen LogP contribution is -2.41. The molecule has 1 aromatic heterocycles. The number of rotatable bonds is 5. The number of benzene rings is 1. The van der Waals surface area contributed by atoms with E-state index >= 15 is 0 Å². The molecule has 0 bridgehead atoms. The van der Waals surface area contributed by atoms with Gasteiger partial charge in [0.25, 0.3) is 5.91 Å². The van der Waals surface area contributed by atoms with Crippen LogP contribution in [0.5, 0.6) is 0 Å². The van der Waals surface area contributed by atoms with Crippen molar-refractivity contribution in [3.05, 3.63) is 54.2 Å². The van der Waals surface area contributed by atoms with Crippen LogP contribution in [-0.2, 0) is 16.1 Å². The van der Waals surface area contributed by atoms with Crippen LogP contribution in [0.1, 0.15) is 18.4 Å². The first-order chi connectivity index (χ1) is 11.7. The third kappa shape index (κ3) is 3.92. The smallest absolute Gasteiger partial charge is 0.280 e. The number of carbonyl (C=O) groups excluding carboxylic acids is 2. The minimum absolute atomic E-state index is 0.0997. The second-order valence-electron chi connectivity index (χ2n) is 5.17. The number of nitrogens with one attached hydrogen (secondary N) is 2. The summed E-state index contributed by atoms with van der Waals surface area (Å²) in [6, 6.07) is 12.9. The van der Waals surface area contributed by atoms with Crippen molar-refractivity contribution in [1.29, 1.82) is 0 Å². The molecule has 122 valence electrons. The Bertz CT molecular complexity index is 748. The molecular weight excluding hydrogens is 308 g/mol. The maximum absolute atomic E-state index is 12.2. The van der Waals surface area contributed by atoms with E-state index in [0.717, 1.165) is 5.56 Å². The SMILES string of the molecule is O=C(NNc1cccnn1)C1=NN(Cc2ccccc2)C(=O)CC1. The highest BCUT2D eigenvalue weighted by Crippen LogP contribution is 2.13. The summed E-state index contributed by atoms with van der Waals surface area (Å²) in [6.07, 6.45) is 2.09. The predicted molar refractivity (Wildman–Crippen MR) is 87.5 cm³/mol. The molecule has 1 aromatic carbocycles. The maximum atomic E-state index is 12.2. The Morgan fingerprint density at radius 3 is 2.71 bits per heavy atom. The summed E-state index contributed by atoms with van der Waals surface area (Å²) in [5.41, 5.74) is 6.41. The van der Waals surface area contributed by atoms with Crippen LogP contribution < -0.4 is 10.9 Å². The van der Waals surface area contributed by atoms with Gasteiger partial charge in [0.2, 0.25) is 5.91 Å². The summed E-state index contributed by atoms with van der Waals surface area (Å²) < 4.78 is 0. The van der Waals surface area contributed by atoms with E-state index in [1.54, 1.807) is 12.1 Å².